The van der Waals surface area contributed by atoms with Gasteiger partial charge in [0.2, 0.25) is 5.91 Å². The van der Waals surface area contributed by atoms with Crippen molar-refractivity contribution in [2.75, 3.05) is 32.0 Å². The third kappa shape index (κ3) is 5.19. The van der Waals surface area contributed by atoms with Crippen LogP contribution in [0.1, 0.15) is 43.7 Å². The number of fused-ring (bicyclic) bond motifs is 1. The Labute approximate surface area is 188 Å². The normalized spacial score (nSPS) is 19.6. The van der Waals surface area contributed by atoms with Crippen molar-refractivity contribution >= 4 is 17.3 Å². The lowest BCUT2D eigenvalue weighted by molar-refractivity contribution is -0.384. The van der Waals surface area contributed by atoms with E-state index in [2.05, 4.69) is 22.6 Å². The first-order chi connectivity index (χ1) is 15.4. The predicted octanol–water partition coefficient (Wildman–Crippen LogP) is 3.89. The van der Waals surface area contributed by atoms with Gasteiger partial charge in [0.1, 0.15) is 11.4 Å². The molecule has 0 radical (unpaired) electrons. The lowest BCUT2D eigenvalue weighted by atomic mass is 9.80. The maximum atomic E-state index is 12.7. The van der Waals surface area contributed by atoms with Gasteiger partial charge in [0.15, 0.2) is 0 Å². The Morgan fingerprint density at radius 2 is 1.91 bits per heavy atom. The number of ether oxygens (including phenoxy) is 1. The second-order valence-corrected chi connectivity index (χ2v) is 8.78. The largest absolute Gasteiger partial charge is 0.487 e. The molecule has 1 saturated heterocycles. The summed E-state index contributed by atoms with van der Waals surface area (Å²) in [5, 5.41) is 17.2. The molecule has 1 spiro atoms. The molecule has 2 aliphatic heterocycles. The van der Waals surface area contributed by atoms with E-state index in [-0.39, 0.29) is 23.2 Å². The number of non-ortho nitro benzene ring substituents is 1. The van der Waals surface area contributed by atoms with Gasteiger partial charge >= 0.3 is 0 Å². The van der Waals surface area contributed by atoms with E-state index in [9.17, 15) is 14.9 Å². The summed E-state index contributed by atoms with van der Waals surface area (Å²) >= 11 is 0. The van der Waals surface area contributed by atoms with Gasteiger partial charge in [-0.15, -0.1) is 0 Å². The summed E-state index contributed by atoms with van der Waals surface area (Å²) in [7, 11) is 2.13. The van der Waals surface area contributed by atoms with Gasteiger partial charge in [-0.1, -0.05) is 18.2 Å². The van der Waals surface area contributed by atoms with Crippen LogP contribution in [0.25, 0.3) is 0 Å². The molecule has 32 heavy (non-hydrogen) atoms. The van der Waals surface area contributed by atoms with Crippen LogP contribution in [0, 0.1) is 10.1 Å². The van der Waals surface area contributed by atoms with E-state index in [1.165, 1.54) is 12.1 Å². The number of piperidine rings is 1. The molecule has 1 unspecified atom stereocenters. The molecule has 1 atom stereocenters. The summed E-state index contributed by atoms with van der Waals surface area (Å²) < 4.78 is 6.46. The number of nitrogens with one attached hydrogen (secondary N) is 2. The highest BCUT2D eigenvalue weighted by Crippen LogP contribution is 2.44. The van der Waals surface area contributed by atoms with Crippen molar-refractivity contribution in [1.29, 1.82) is 0 Å². The van der Waals surface area contributed by atoms with Crippen molar-refractivity contribution in [1.82, 2.24) is 10.2 Å². The molecule has 8 heteroatoms. The first-order valence-electron chi connectivity index (χ1n) is 11.2. The second kappa shape index (κ2) is 9.56. The molecule has 0 saturated carbocycles. The van der Waals surface area contributed by atoms with Gasteiger partial charge in [0.05, 0.1) is 11.0 Å². The Morgan fingerprint density at radius 3 is 2.62 bits per heavy atom. The van der Waals surface area contributed by atoms with E-state index in [1.807, 2.05) is 24.3 Å². The van der Waals surface area contributed by atoms with E-state index in [0.29, 0.717) is 19.4 Å². The fourth-order valence-corrected chi connectivity index (χ4v) is 4.53. The minimum Gasteiger partial charge on any atom is -0.487 e. The zero-order chi connectivity index (χ0) is 22.6. The van der Waals surface area contributed by atoms with Crippen LogP contribution in [0.2, 0.25) is 0 Å². The number of nitro groups is 1. The molecule has 1 amide bonds. The number of nitro benzene ring substituents is 1. The van der Waals surface area contributed by atoms with Gasteiger partial charge < -0.3 is 20.3 Å². The summed E-state index contributed by atoms with van der Waals surface area (Å²) in [6.07, 6.45) is 3.80. The molecule has 1 fully saturated rings. The maximum absolute atomic E-state index is 12.7. The van der Waals surface area contributed by atoms with Gasteiger partial charge in [-0.25, -0.2) is 0 Å². The Kier molecular flexibility index (Phi) is 6.60. The number of likely N-dealkylation sites (tertiary alicyclic amines) is 1. The average molecular weight is 439 g/mol. The first kappa shape index (κ1) is 22.1. The number of anilines is 1. The third-order valence-electron chi connectivity index (χ3n) is 6.42. The van der Waals surface area contributed by atoms with Crippen molar-refractivity contribution in [3.8, 4) is 5.75 Å². The number of amides is 1. The number of carbonyl (C=O) groups is 1. The molecule has 2 aromatic rings. The Bertz CT molecular complexity index is 955. The van der Waals surface area contributed by atoms with E-state index >= 15 is 0 Å². The molecule has 0 aliphatic carbocycles. The fourth-order valence-electron chi connectivity index (χ4n) is 4.53. The van der Waals surface area contributed by atoms with Crippen LogP contribution >= 0.6 is 0 Å². The highest BCUT2D eigenvalue weighted by Gasteiger charge is 2.43. The lowest BCUT2D eigenvalue weighted by Gasteiger charge is -2.46. The van der Waals surface area contributed by atoms with E-state index < -0.39 is 4.92 Å². The van der Waals surface area contributed by atoms with Crippen LogP contribution < -0.4 is 15.4 Å². The molecule has 0 aromatic heterocycles. The van der Waals surface area contributed by atoms with E-state index in [4.69, 9.17) is 4.74 Å². The zero-order valence-electron chi connectivity index (χ0n) is 18.4. The molecule has 8 nitrogen and oxygen atoms in total. The molecular formula is C24H30N4O4. The number of hydrogen-bond donors (Lipinski definition) is 2. The number of hydrogen-bond acceptors (Lipinski definition) is 6. The van der Waals surface area contributed by atoms with Crippen LogP contribution in [0.4, 0.5) is 11.4 Å². The minimum atomic E-state index is -0.418. The molecule has 170 valence electrons. The third-order valence-corrected chi connectivity index (χ3v) is 6.42. The van der Waals surface area contributed by atoms with Gasteiger partial charge in [-0.05, 0) is 44.5 Å². The van der Waals surface area contributed by atoms with Crippen molar-refractivity contribution < 1.29 is 14.5 Å². The van der Waals surface area contributed by atoms with Crippen LogP contribution in [0.3, 0.4) is 0 Å². The van der Waals surface area contributed by atoms with Crippen molar-refractivity contribution in [2.45, 2.75) is 43.7 Å². The molecule has 2 aromatic carbocycles. The Morgan fingerprint density at radius 1 is 1.19 bits per heavy atom. The number of para-hydroxylation sites is 1. The Balaban J connectivity index is 1.30. The quantitative estimate of drug-likeness (QED) is 0.387. The highest BCUT2D eigenvalue weighted by molar-refractivity contribution is 5.76. The second-order valence-electron chi connectivity index (χ2n) is 8.78. The summed E-state index contributed by atoms with van der Waals surface area (Å²) in [5.41, 5.74) is 1.71. The van der Waals surface area contributed by atoms with Gasteiger partial charge in [-0.2, -0.15) is 0 Å². The van der Waals surface area contributed by atoms with E-state index in [0.717, 1.165) is 49.4 Å². The van der Waals surface area contributed by atoms with Crippen LogP contribution in [0.15, 0.2) is 48.5 Å². The van der Waals surface area contributed by atoms with Gasteiger partial charge in [0, 0.05) is 55.9 Å². The maximum Gasteiger partial charge on any atom is 0.269 e. The topological polar surface area (TPSA) is 96.7 Å². The van der Waals surface area contributed by atoms with Crippen molar-refractivity contribution in [3.63, 3.8) is 0 Å². The molecule has 2 N–H and O–H groups in total. The summed E-state index contributed by atoms with van der Waals surface area (Å²) in [6, 6.07) is 14.3. The van der Waals surface area contributed by atoms with Crippen molar-refractivity contribution in [3.05, 3.63) is 64.2 Å². The zero-order valence-corrected chi connectivity index (χ0v) is 18.4. The first-order valence-corrected chi connectivity index (χ1v) is 11.2. The van der Waals surface area contributed by atoms with Crippen molar-refractivity contribution in [2.24, 2.45) is 0 Å². The number of nitrogens with zero attached hydrogens (tertiary/aromatic N) is 2. The summed E-state index contributed by atoms with van der Waals surface area (Å²) in [4.78, 5) is 25.3. The average Bonchev–Trinajstić information content (AvgIpc) is 2.79. The molecule has 2 aliphatic rings. The fraction of sp³-hybridized carbons (Fsp3) is 0.458. The number of rotatable bonds is 7. The number of benzene rings is 2. The SMILES string of the molecule is CN1CCC2(CC1)CC(NC(=O)CCCNc1ccc([N+](=O)[O-])cc1)c1ccccc1O2. The summed E-state index contributed by atoms with van der Waals surface area (Å²) in [6.45, 7) is 2.61. The Hall–Kier alpha value is -3.13. The van der Waals surface area contributed by atoms with Gasteiger partial charge in [0.25, 0.3) is 5.69 Å². The van der Waals surface area contributed by atoms with Crippen LogP contribution in [-0.2, 0) is 4.79 Å². The van der Waals surface area contributed by atoms with Crippen LogP contribution in [-0.4, -0.2) is 48.0 Å². The molecular weight excluding hydrogens is 408 g/mol. The summed E-state index contributed by atoms with van der Waals surface area (Å²) in [5.74, 6) is 0.911. The molecule has 0 bridgehead atoms. The van der Waals surface area contributed by atoms with Gasteiger partial charge in [-0.3, -0.25) is 14.9 Å². The lowest BCUT2D eigenvalue weighted by Crippen LogP contribution is -2.51. The van der Waals surface area contributed by atoms with E-state index in [1.54, 1.807) is 12.1 Å². The minimum absolute atomic E-state index is 0.0280. The monoisotopic (exact) mass is 438 g/mol. The molecule has 2 heterocycles. The highest BCUT2D eigenvalue weighted by atomic mass is 16.6. The molecule has 4 rings (SSSR count). The predicted molar refractivity (Wildman–Crippen MR) is 123 cm³/mol. The number of carbonyl (C=O) groups excluding carboxylic acids is 1. The standard InChI is InChI=1S/C24H30N4O4/c1-27-15-12-24(13-16-27)17-21(20-5-2-3-6-22(20)32-24)26-23(29)7-4-14-25-18-8-10-19(11-9-18)28(30)31/h2-3,5-6,8-11,21,25H,4,7,12-17H2,1H3,(H,26,29). The smallest absolute Gasteiger partial charge is 0.269 e. The van der Waals surface area contributed by atoms with Crippen LogP contribution in [0.5, 0.6) is 5.75 Å².